The first kappa shape index (κ1) is 18.0. The first-order chi connectivity index (χ1) is 13.6. The van der Waals surface area contributed by atoms with Crippen molar-refractivity contribution in [3.05, 3.63) is 59.9 Å². The Morgan fingerprint density at radius 2 is 2.14 bits per heavy atom. The third-order valence-electron chi connectivity index (χ3n) is 4.39. The zero-order valence-electron chi connectivity index (χ0n) is 15.1. The summed E-state index contributed by atoms with van der Waals surface area (Å²) >= 11 is 1.34. The molecule has 7 nitrogen and oxygen atoms in total. The number of esters is 1. The number of H-pyrrole nitrogens is 1. The van der Waals surface area contributed by atoms with Gasteiger partial charge in [-0.3, -0.25) is 4.79 Å². The Morgan fingerprint density at radius 3 is 3.00 bits per heavy atom. The summed E-state index contributed by atoms with van der Waals surface area (Å²) in [4.78, 5) is 31.1. The SMILES string of the molecule is COC(=O)c1cc(-c2csc(NC(=O)CCn3ccc4ccccc43)n2)c[nH]1. The largest absolute Gasteiger partial charge is 0.464 e. The standard InChI is InChI=1S/C20H18N4O3S/c1-27-19(26)15-10-14(11-21-15)16-12-28-20(22-16)23-18(25)7-9-24-8-6-13-4-2-3-5-17(13)24/h2-6,8,10-12,21H,7,9H2,1H3,(H,22,23,25). The van der Waals surface area contributed by atoms with E-state index in [1.807, 2.05) is 35.8 Å². The molecule has 0 saturated heterocycles. The second kappa shape index (κ2) is 7.69. The average molecular weight is 394 g/mol. The third kappa shape index (κ3) is 3.67. The third-order valence-corrected chi connectivity index (χ3v) is 5.15. The van der Waals surface area contributed by atoms with Crippen LogP contribution >= 0.6 is 11.3 Å². The first-order valence-electron chi connectivity index (χ1n) is 8.70. The van der Waals surface area contributed by atoms with Crippen LogP contribution < -0.4 is 5.32 Å². The van der Waals surface area contributed by atoms with Crippen LogP contribution in [0.25, 0.3) is 22.2 Å². The van der Waals surface area contributed by atoms with Gasteiger partial charge in [0.25, 0.3) is 0 Å². The van der Waals surface area contributed by atoms with Crippen LogP contribution in [0.15, 0.2) is 54.2 Å². The highest BCUT2D eigenvalue weighted by atomic mass is 32.1. The minimum absolute atomic E-state index is 0.0944. The van der Waals surface area contributed by atoms with E-state index in [4.69, 9.17) is 0 Å². The Hall–Kier alpha value is -3.39. The number of nitrogens with zero attached hydrogens (tertiary/aromatic N) is 2. The first-order valence-corrected chi connectivity index (χ1v) is 9.58. The summed E-state index contributed by atoms with van der Waals surface area (Å²) in [6.07, 6.45) is 4.03. The summed E-state index contributed by atoms with van der Waals surface area (Å²) in [6, 6.07) is 11.8. The van der Waals surface area contributed by atoms with E-state index in [1.54, 1.807) is 12.3 Å². The highest BCUT2D eigenvalue weighted by Crippen LogP contribution is 2.26. The van der Waals surface area contributed by atoms with Crippen LogP contribution in [0.1, 0.15) is 16.9 Å². The summed E-state index contributed by atoms with van der Waals surface area (Å²) in [5, 5.41) is 6.35. The predicted molar refractivity (Wildman–Crippen MR) is 108 cm³/mol. The lowest BCUT2D eigenvalue weighted by atomic mass is 10.2. The number of hydrogen-bond donors (Lipinski definition) is 2. The molecule has 0 atom stereocenters. The number of hydrogen-bond acceptors (Lipinski definition) is 5. The smallest absolute Gasteiger partial charge is 0.354 e. The summed E-state index contributed by atoms with van der Waals surface area (Å²) in [5.41, 5.74) is 2.91. The molecule has 0 spiro atoms. The van der Waals surface area contributed by atoms with Crippen LogP contribution in [0.3, 0.4) is 0 Å². The number of para-hydroxylation sites is 1. The van der Waals surface area contributed by atoms with Crippen LogP contribution in [0.5, 0.6) is 0 Å². The number of thiazole rings is 1. The Kier molecular flexibility index (Phi) is 4.94. The van der Waals surface area contributed by atoms with E-state index >= 15 is 0 Å². The molecular weight excluding hydrogens is 376 g/mol. The molecule has 0 aliphatic rings. The second-order valence-corrected chi connectivity index (χ2v) is 7.06. The number of rotatable bonds is 6. The van der Waals surface area contributed by atoms with E-state index in [2.05, 4.69) is 30.7 Å². The van der Waals surface area contributed by atoms with Gasteiger partial charge in [0, 0.05) is 41.8 Å². The number of carbonyl (C=O) groups is 2. The summed E-state index contributed by atoms with van der Waals surface area (Å²) in [6.45, 7) is 0.595. The highest BCUT2D eigenvalue weighted by molar-refractivity contribution is 7.14. The fourth-order valence-corrected chi connectivity index (χ4v) is 3.71. The average Bonchev–Trinajstić information content (AvgIpc) is 3.45. The van der Waals surface area contributed by atoms with E-state index in [0.29, 0.717) is 29.5 Å². The number of carbonyl (C=O) groups excluding carboxylic acids is 2. The molecule has 3 aromatic heterocycles. The molecule has 3 heterocycles. The number of ether oxygens (including phenoxy) is 1. The summed E-state index contributed by atoms with van der Waals surface area (Å²) in [7, 11) is 1.33. The molecule has 4 aromatic rings. The zero-order chi connectivity index (χ0) is 19.5. The van der Waals surface area contributed by atoms with Crippen LogP contribution in [0.4, 0.5) is 5.13 Å². The second-order valence-electron chi connectivity index (χ2n) is 6.20. The van der Waals surface area contributed by atoms with Gasteiger partial charge < -0.3 is 19.6 Å². The predicted octanol–water partition coefficient (Wildman–Crippen LogP) is 3.91. The number of aryl methyl sites for hydroxylation is 1. The Balaban J connectivity index is 1.37. The van der Waals surface area contributed by atoms with Gasteiger partial charge in [0.05, 0.1) is 12.8 Å². The number of amides is 1. The van der Waals surface area contributed by atoms with Crippen LogP contribution in [0.2, 0.25) is 0 Å². The number of nitrogens with one attached hydrogen (secondary N) is 2. The van der Waals surface area contributed by atoms with E-state index in [-0.39, 0.29) is 5.91 Å². The molecule has 1 aromatic carbocycles. The van der Waals surface area contributed by atoms with Crippen LogP contribution in [-0.4, -0.2) is 33.5 Å². The summed E-state index contributed by atoms with van der Waals surface area (Å²) < 4.78 is 6.75. The van der Waals surface area contributed by atoms with Gasteiger partial charge in [0.15, 0.2) is 5.13 Å². The summed E-state index contributed by atoms with van der Waals surface area (Å²) in [5.74, 6) is -0.532. The molecule has 28 heavy (non-hydrogen) atoms. The van der Waals surface area contributed by atoms with Crippen molar-refractivity contribution in [1.82, 2.24) is 14.5 Å². The van der Waals surface area contributed by atoms with E-state index in [0.717, 1.165) is 16.5 Å². The maximum Gasteiger partial charge on any atom is 0.354 e. The van der Waals surface area contributed by atoms with Gasteiger partial charge in [0.1, 0.15) is 5.69 Å². The molecule has 0 radical (unpaired) electrons. The van der Waals surface area contributed by atoms with Gasteiger partial charge >= 0.3 is 5.97 Å². The Labute approximate surface area is 165 Å². The fraction of sp³-hybridized carbons (Fsp3) is 0.150. The van der Waals surface area contributed by atoms with Crippen molar-refractivity contribution in [2.45, 2.75) is 13.0 Å². The fourth-order valence-electron chi connectivity index (χ4n) is 2.97. The molecule has 0 aliphatic carbocycles. The molecule has 0 fully saturated rings. The zero-order valence-corrected chi connectivity index (χ0v) is 16.0. The maximum atomic E-state index is 12.3. The molecule has 2 N–H and O–H groups in total. The Morgan fingerprint density at radius 1 is 1.29 bits per heavy atom. The van der Waals surface area contributed by atoms with Gasteiger partial charge in [0.2, 0.25) is 5.91 Å². The molecule has 142 valence electrons. The Bertz CT molecular complexity index is 1140. The minimum atomic E-state index is -0.437. The number of aromatic nitrogens is 3. The topological polar surface area (TPSA) is 89.0 Å². The number of aromatic amines is 1. The maximum absolute atomic E-state index is 12.3. The molecule has 4 rings (SSSR count). The normalized spacial score (nSPS) is 10.9. The van der Waals surface area contributed by atoms with Crippen LogP contribution in [0, 0.1) is 0 Å². The number of benzene rings is 1. The van der Waals surface area contributed by atoms with Gasteiger partial charge in [-0.1, -0.05) is 18.2 Å². The number of anilines is 1. The van der Waals surface area contributed by atoms with Gasteiger partial charge in [-0.05, 0) is 23.6 Å². The van der Waals surface area contributed by atoms with Crippen molar-refractivity contribution >= 4 is 39.2 Å². The van der Waals surface area contributed by atoms with Crippen molar-refractivity contribution < 1.29 is 14.3 Å². The van der Waals surface area contributed by atoms with Crippen molar-refractivity contribution in [3.63, 3.8) is 0 Å². The highest BCUT2D eigenvalue weighted by Gasteiger charge is 2.13. The molecule has 0 bridgehead atoms. The molecule has 0 aliphatic heterocycles. The molecule has 0 unspecified atom stereocenters. The van der Waals surface area contributed by atoms with Gasteiger partial charge in [-0.15, -0.1) is 11.3 Å². The van der Waals surface area contributed by atoms with Crippen molar-refractivity contribution in [1.29, 1.82) is 0 Å². The van der Waals surface area contributed by atoms with Crippen molar-refractivity contribution in [2.24, 2.45) is 0 Å². The minimum Gasteiger partial charge on any atom is -0.464 e. The van der Waals surface area contributed by atoms with Crippen molar-refractivity contribution in [2.75, 3.05) is 12.4 Å². The molecule has 1 amide bonds. The number of fused-ring (bicyclic) bond motifs is 1. The monoisotopic (exact) mass is 394 g/mol. The molecule has 0 saturated carbocycles. The lowest BCUT2D eigenvalue weighted by Gasteiger charge is -2.05. The number of methoxy groups -OCH3 is 1. The van der Waals surface area contributed by atoms with Crippen molar-refractivity contribution in [3.8, 4) is 11.3 Å². The van der Waals surface area contributed by atoms with E-state index in [9.17, 15) is 9.59 Å². The molecular formula is C20H18N4O3S. The van der Waals surface area contributed by atoms with Gasteiger partial charge in [-0.2, -0.15) is 0 Å². The quantitative estimate of drug-likeness (QED) is 0.485. The van der Waals surface area contributed by atoms with E-state index in [1.165, 1.54) is 18.4 Å². The molecule has 8 heteroatoms. The lowest BCUT2D eigenvalue weighted by Crippen LogP contribution is -2.14. The van der Waals surface area contributed by atoms with E-state index < -0.39 is 5.97 Å². The lowest BCUT2D eigenvalue weighted by molar-refractivity contribution is -0.116. The van der Waals surface area contributed by atoms with Gasteiger partial charge in [-0.25, -0.2) is 9.78 Å². The van der Waals surface area contributed by atoms with Crippen LogP contribution in [-0.2, 0) is 16.1 Å².